The Kier molecular flexibility index (Phi) is 7.93. The lowest BCUT2D eigenvalue weighted by atomic mass is 9.88. The Bertz CT molecular complexity index is 1220. The molecule has 2 unspecified atom stereocenters. The molecule has 0 radical (unpaired) electrons. The van der Waals surface area contributed by atoms with Crippen LogP contribution < -0.4 is 10.6 Å². The number of carbonyl (C=O) groups is 4. The second kappa shape index (κ2) is 11.5. The minimum absolute atomic E-state index is 0.0327. The van der Waals surface area contributed by atoms with Crippen LogP contribution in [0.1, 0.15) is 68.6 Å². The zero-order valence-corrected chi connectivity index (χ0v) is 21.7. The number of nitrogens with zero attached hydrogens (tertiary/aromatic N) is 1. The van der Waals surface area contributed by atoms with Gasteiger partial charge in [-0.3, -0.25) is 19.2 Å². The SMILES string of the molecule is CCOC1OC(=O)CC1NC(=O)[C@@H]1CCC[C@@H]2CCCC[C@H](NC(=O)c3ccc4ccccc4c3)C(=O)N21. The molecule has 5 atom stereocenters. The van der Waals surface area contributed by atoms with Gasteiger partial charge >= 0.3 is 5.97 Å². The predicted octanol–water partition coefficient (Wildman–Crippen LogP) is 3.06. The molecule has 0 bridgehead atoms. The van der Waals surface area contributed by atoms with Gasteiger partial charge in [-0.05, 0) is 61.9 Å². The molecular formula is C29H35N3O6. The number of nitrogens with one attached hydrogen (secondary N) is 2. The second-order valence-corrected chi connectivity index (χ2v) is 10.4. The van der Waals surface area contributed by atoms with Crippen LogP contribution in [0.5, 0.6) is 0 Å². The Balaban J connectivity index is 1.33. The molecular weight excluding hydrogens is 486 g/mol. The van der Waals surface area contributed by atoms with Crippen LogP contribution in [0.2, 0.25) is 0 Å². The number of cyclic esters (lactones) is 1. The number of fused-ring (bicyclic) bond motifs is 2. The molecule has 3 heterocycles. The molecule has 3 aliphatic heterocycles. The van der Waals surface area contributed by atoms with Crippen LogP contribution in [0, 0.1) is 0 Å². The van der Waals surface area contributed by atoms with Crippen molar-refractivity contribution in [2.45, 2.75) is 88.7 Å². The summed E-state index contributed by atoms with van der Waals surface area (Å²) in [6.07, 6.45) is 4.48. The van der Waals surface area contributed by atoms with Crippen LogP contribution in [-0.4, -0.2) is 65.7 Å². The van der Waals surface area contributed by atoms with Crippen molar-refractivity contribution in [1.29, 1.82) is 0 Å². The fraction of sp³-hybridized carbons (Fsp3) is 0.517. The minimum atomic E-state index is -0.826. The summed E-state index contributed by atoms with van der Waals surface area (Å²) in [6.45, 7) is 2.14. The summed E-state index contributed by atoms with van der Waals surface area (Å²) in [5.74, 6) is -1.25. The maximum absolute atomic E-state index is 13.9. The summed E-state index contributed by atoms with van der Waals surface area (Å²) in [5, 5.41) is 7.87. The molecule has 202 valence electrons. The van der Waals surface area contributed by atoms with E-state index in [1.807, 2.05) is 36.4 Å². The Morgan fingerprint density at radius 2 is 1.74 bits per heavy atom. The van der Waals surface area contributed by atoms with Gasteiger partial charge in [0.25, 0.3) is 5.91 Å². The summed E-state index contributed by atoms with van der Waals surface area (Å²) in [5.41, 5.74) is 0.496. The van der Waals surface area contributed by atoms with E-state index in [0.717, 1.165) is 42.9 Å². The molecule has 3 aliphatic rings. The number of esters is 1. The number of hydrogen-bond acceptors (Lipinski definition) is 6. The number of rotatable bonds is 6. The van der Waals surface area contributed by atoms with Gasteiger partial charge in [-0.2, -0.15) is 0 Å². The number of ether oxygens (including phenoxy) is 2. The molecule has 0 aliphatic carbocycles. The summed E-state index contributed by atoms with van der Waals surface area (Å²) in [7, 11) is 0. The number of hydrogen-bond donors (Lipinski definition) is 2. The molecule has 5 rings (SSSR count). The van der Waals surface area contributed by atoms with Crippen LogP contribution in [0.4, 0.5) is 0 Å². The van der Waals surface area contributed by atoms with E-state index < -0.39 is 30.4 Å². The van der Waals surface area contributed by atoms with E-state index in [2.05, 4.69) is 10.6 Å². The van der Waals surface area contributed by atoms with Crippen LogP contribution >= 0.6 is 0 Å². The average molecular weight is 522 g/mol. The van der Waals surface area contributed by atoms with Gasteiger partial charge in [-0.15, -0.1) is 0 Å². The van der Waals surface area contributed by atoms with E-state index in [1.165, 1.54) is 0 Å². The first-order valence-electron chi connectivity index (χ1n) is 13.7. The van der Waals surface area contributed by atoms with Gasteiger partial charge in [-0.1, -0.05) is 43.2 Å². The summed E-state index contributed by atoms with van der Waals surface area (Å²) in [4.78, 5) is 54.1. The highest BCUT2D eigenvalue weighted by atomic mass is 16.7. The molecule has 38 heavy (non-hydrogen) atoms. The maximum Gasteiger partial charge on any atom is 0.310 e. The lowest BCUT2D eigenvalue weighted by Gasteiger charge is -2.44. The number of piperidine rings is 1. The molecule has 9 heteroatoms. The van der Waals surface area contributed by atoms with Gasteiger partial charge < -0.3 is 25.0 Å². The van der Waals surface area contributed by atoms with Crippen molar-refractivity contribution in [3.8, 4) is 0 Å². The maximum atomic E-state index is 13.9. The molecule has 0 aromatic heterocycles. The summed E-state index contributed by atoms with van der Waals surface area (Å²) in [6, 6.07) is 11.3. The van der Waals surface area contributed by atoms with Gasteiger partial charge in [0, 0.05) is 18.2 Å². The van der Waals surface area contributed by atoms with Gasteiger partial charge in [0.05, 0.1) is 6.42 Å². The Morgan fingerprint density at radius 1 is 0.974 bits per heavy atom. The third-order valence-electron chi connectivity index (χ3n) is 7.82. The van der Waals surface area contributed by atoms with Crippen molar-refractivity contribution in [1.82, 2.24) is 15.5 Å². The molecule has 3 amide bonds. The van der Waals surface area contributed by atoms with Crippen LogP contribution in [0.3, 0.4) is 0 Å². The highest BCUT2D eigenvalue weighted by Crippen LogP contribution is 2.31. The first-order chi connectivity index (χ1) is 18.4. The molecule has 3 saturated heterocycles. The highest BCUT2D eigenvalue weighted by molar-refractivity contribution is 6.01. The van der Waals surface area contributed by atoms with E-state index in [-0.39, 0.29) is 30.2 Å². The standard InChI is InChI=1S/C29H35N3O6/c1-2-37-29-23(17-25(33)38-29)31-27(35)24-13-7-11-21-10-5-6-12-22(28(36)32(21)24)30-26(34)20-15-14-18-8-3-4-9-19(18)16-20/h3-4,8-9,14-16,21-24,29H,2,5-7,10-13,17H2,1H3,(H,30,34)(H,31,35)/t21-,22-,23?,24-,29?/m0/s1. The first-order valence-corrected chi connectivity index (χ1v) is 13.7. The zero-order valence-electron chi connectivity index (χ0n) is 21.7. The van der Waals surface area contributed by atoms with Gasteiger partial charge in [0.2, 0.25) is 18.1 Å². The van der Waals surface area contributed by atoms with Gasteiger partial charge in [0.1, 0.15) is 18.1 Å². The van der Waals surface area contributed by atoms with E-state index >= 15 is 0 Å². The van der Waals surface area contributed by atoms with Crippen LogP contribution in [0.25, 0.3) is 10.8 Å². The van der Waals surface area contributed by atoms with Crippen molar-refractivity contribution < 1.29 is 28.7 Å². The lowest BCUT2D eigenvalue weighted by Crippen LogP contribution is -2.62. The first kappa shape index (κ1) is 26.2. The van der Waals surface area contributed by atoms with Crippen LogP contribution in [-0.2, 0) is 23.9 Å². The highest BCUT2D eigenvalue weighted by Gasteiger charge is 2.44. The smallest absolute Gasteiger partial charge is 0.310 e. The fourth-order valence-corrected chi connectivity index (χ4v) is 5.94. The fourth-order valence-electron chi connectivity index (χ4n) is 5.94. The Morgan fingerprint density at radius 3 is 2.55 bits per heavy atom. The van der Waals surface area contributed by atoms with E-state index in [4.69, 9.17) is 9.47 Å². The molecule has 0 saturated carbocycles. The topological polar surface area (TPSA) is 114 Å². The number of amides is 3. The van der Waals surface area contributed by atoms with E-state index in [1.54, 1.807) is 17.9 Å². The molecule has 3 fully saturated rings. The third-order valence-corrected chi connectivity index (χ3v) is 7.82. The van der Waals surface area contributed by atoms with E-state index in [0.29, 0.717) is 25.0 Å². The normalized spacial score (nSPS) is 27.7. The van der Waals surface area contributed by atoms with Gasteiger partial charge in [-0.25, -0.2) is 0 Å². The Labute approximate surface area is 222 Å². The van der Waals surface area contributed by atoms with Crippen molar-refractivity contribution in [3.05, 3.63) is 48.0 Å². The molecule has 0 spiro atoms. The average Bonchev–Trinajstić information content (AvgIpc) is 3.26. The van der Waals surface area contributed by atoms with Crippen molar-refractivity contribution in [3.63, 3.8) is 0 Å². The van der Waals surface area contributed by atoms with Crippen molar-refractivity contribution >= 4 is 34.5 Å². The lowest BCUT2D eigenvalue weighted by molar-refractivity contribution is -0.165. The minimum Gasteiger partial charge on any atom is -0.433 e. The number of carbonyl (C=O) groups excluding carboxylic acids is 4. The molecule has 2 N–H and O–H groups in total. The zero-order chi connectivity index (χ0) is 26.6. The quantitative estimate of drug-likeness (QED) is 0.565. The van der Waals surface area contributed by atoms with Crippen LogP contribution in [0.15, 0.2) is 42.5 Å². The predicted molar refractivity (Wildman–Crippen MR) is 140 cm³/mol. The largest absolute Gasteiger partial charge is 0.433 e. The van der Waals surface area contributed by atoms with Crippen molar-refractivity contribution in [2.75, 3.05) is 6.61 Å². The summed E-state index contributed by atoms with van der Waals surface area (Å²) >= 11 is 0. The number of benzene rings is 2. The van der Waals surface area contributed by atoms with E-state index in [9.17, 15) is 19.2 Å². The molecule has 9 nitrogen and oxygen atoms in total. The molecule has 2 aromatic carbocycles. The monoisotopic (exact) mass is 521 g/mol. The van der Waals surface area contributed by atoms with Crippen molar-refractivity contribution in [2.24, 2.45) is 0 Å². The summed E-state index contributed by atoms with van der Waals surface area (Å²) < 4.78 is 10.7. The Hall–Kier alpha value is -3.46. The third kappa shape index (κ3) is 5.53. The second-order valence-electron chi connectivity index (χ2n) is 10.4. The van der Waals surface area contributed by atoms with Gasteiger partial charge in [0.15, 0.2) is 0 Å². The molecule has 2 aromatic rings.